The predicted octanol–water partition coefficient (Wildman–Crippen LogP) is 11.1. The highest BCUT2D eigenvalue weighted by atomic mass is 28.4. The molecule has 0 aliphatic carbocycles. The van der Waals surface area contributed by atoms with Crippen molar-refractivity contribution in [1.82, 2.24) is 4.90 Å². The summed E-state index contributed by atoms with van der Waals surface area (Å²) >= 11 is 0. The van der Waals surface area contributed by atoms with Gasteiger partial charge in [0.1, 0.15) is 0 Å². The predicted molar refractivity (Wildman–Crippen MR) is 211 cm³/mol. The van der Waals surface area contributed by atoms with Crippen molar-refractivity contribution < 1.29 is 84.4 Å². The smallest absolute Gasteiger partial charge is 0.371 e. The van der Waals surface area contributed by atoms with Crippen molar-refractivity contribution >= 4 is 40.2 Å². The lowest BCUT2D eigenvalue weighted by atomic mass is 9.86. The zero-order chi connectivity index (χ0) is 47.8. The quantitative estimate of drug-likeness (QED) is 0.0618. The molecule has 22 heteroatoms. The standard InChI is InChI=1S/C40H56F11NO8Si2/c1-22(2)55-61(56-23(3)4,57-24(5)6)19-17-29-15-13-28-14-16-30(18-20-62(58-25(7)8,59-26(9)10)60-27(11)12)33-31(28)32(29)34(53)52(35(33)54)21-36(41,42)37(43,44)38(45,46)39(47,48)40(49,50)51/h13-16,22-27H,17-21H2,1-12H3. The zero-order valence-electron chi connectivity index (χ0n) is 36.7. The number of carbonyl (C=O) groups is 2. The third-order valence-corrected chi connectivity index (χ3v) is 15.8. The number of imide groups is 1. The average molecular weight is 944 g/mol. The number of hydrogen-bond donors (Lipinski definition) is 0. The van der Waals surface area contributed by atoms with E-state index in [-0.39, 0.29) is 46.8 Å². The first kappa shape index (κ1) is 53.6. The average Bonchev–Trinajstić information content (AvgIpc) is 3.08. The molecule has 1 aliphatic rings. The van der Waals surface area contributed by atoms with Gasteiger partial charge in [-0.25, -0.2) is 0 Å². The lowest BCUT2D eigenvalue weighted by Gasteiger charge is -2.39. The third kappa shape index (κ3) is 11.4. The summed E-state index contributed by atoms with van der Waals surface area (Å²) < 4.78 is 194. The molecular weight excluding hydrogens is 888 g/mol. The van der Waals surface area contributed by atoms with Crippen LogP contribution in [-0.4, -0.2) is 107 Å². The molecule has 1 aliphatic heterocycles. The van der Waals surface area contributed by atoms with Gasteiger partial charge in [-0.1, -0.05) is 24.3 Å². The van der Waals surface area contributed by atoms with E-state index in [2.05, 4.69) is 0 Å². The number of alkyl halides is 11. The highest BCUT2D eigenvalue weighted by molar-refractivity contribution is 6.61. The van der Waals surface area contributed by atoms with Crippen molar-refractivity contribution in [1.29, 1.82) is 0 Å². The third-order valence-electron chi connectivity index (χ3n) is 9.13. The molecule has 9 nitrogen and oxygen atoms in total. The van der Waals surface area contributed by atoms with Gasteiger partial charge in [0.15, 0.2) is 0 Å². The molecule has 2 aromatic rings. The lowest BCUT2D eigenvalue weighted by molar-refractivity contribution is -0.422. The summed E-state index contributed by atoms with van der Waals surface area (Å²) in [5.41, 5.74) is -1.04. The van der Waals surface area contributed by atoms with Crippen molar-refractivity contribution in [2.45, 2.75) is 175 Å². The second-order valence-electron chi connectivity index (χ2n) is 16.8. The summed E-state index contributed by atoms with van der Waals surface area (Å²) in [5.74, 6) is -32.9. The molecule has 0 saturated heterocycles. The molecule has 3 rings (SSSR count). The van der Waals surface area contributed by atoms with E-state index in [1.807, 2.05) is 0 Å². The molecule has 0 aromatic heterocycles. The van der Waals surface area contributed by atoms with E-state index in [1.54, 1.807) is 83.1 Å². The Balaban J connectivity index is 2.36. The van der Waals surface area contributed by atoms with Gasteiger partial charge in [0.25, 0.3) is 11.8 Å². The van der Waals surface area contributed by atoms with Crippen LogP contribution < -0.4 is 0 Å². The molecule has 62 heavy (non-hydrogen) atoms. The molecule has 0 radical (unpaired) electrons. The number of carbonyl (C=O) groups excluding carboxylic acids is 2. The maximum atomic E-state index is 15.6. The van der Waals surface area contributed by atoms with E-state index in [1.165, 1.54) is 24.3 Å². The van der Waals surface area contributed by atoms with Crippen LogP contribution in [0.4, 0.5) is 48.3 Å². The first-order chi connectivity index (χ1) is 28.1. The summed E-state index contributed by atoms with van der Waals surface area (Å²) in [6, 6.07) is 5.57. The van der Waals surface area contributed by atoms with Crippen molar-refractivity contribution in [3.8, 4) is 0 Å². The largest absolute Gasteiger partial charge is 0.501 e. The lowest BCUT2D eigenvalue weighted by Crippen LogP contribution is -2.68. The number of benzene rings is 2. The van der Waals surface area contributed by atoms with Crippen molar-refractivity contribution in [2.75, 3.05) is 6.54 Å². The van der Waals surface area contributed by atoms with Crippen LogP contribution in [0.25, 0.3) is 10.8 Å². The molecule has 0 N–H and O–H groups in total. The Morgan fingerprint density at radius 1 is 0.484 bits per heavy atom. The number of rotatable bonds is 23. The number of halogens is 11. The first-order valence-electron chi connectivity index (χ1n) is 20.2. The molecule has 0 spiro atoms. The summed E-state index contributed by atoms with van der Waals surface area (Å²) in [4.78, 5) is 28.2. The van der Waals surface area contributed by atoms with Gasteiger partial charge >= 0.3 is 47.5 Å². The molecule has 0 unspecified atom stereocenters. The summed E-state index contributed by atoms with van der Waals surface area (Å²) in [5, 5.41) is 0.0309. The number of aryl methyl sites for hydroxylation is 2. The second-order valence-corrected chi connectivity index (χ2v) is 21.9. The van der Waals surface area contributed by atoms with E-state index in [0.717, 1.165) is 0 Å². The molecular formula is C40H56F11NO8Si2. The van der Waals surface area contributed by atoms with E-state index >= 15 is 17.6 Å². The Morgan fingerprint density at radius 3 is 1.06 bits per heavy atom. The van der Waals surface area contributed by atoms with E-state index in [0.29, 0.717) is 0 Å². The summed E-state index contributed by atoms with van der Waals surface area (Å²) in [6.45, 7) is 17.5. The van der Waals surface area contributed by atoms with Crippen LogP contribution in [-0.2, 0) is 39.4 Å². The highest BCUT2D eigenvalue weighted by Crippen LogP contribution is 2.57. The number of amides is 2. The molecule has 0 saturated carbocycles. The van der Waals surface area contributed by atoms with Gasteiger partial charge in [0, 0.05) is 54.1 Å². The molecule has 0 fully saturated rings. The van der Waals surface area contributed by atoms with Gasteiger partial charge in [0.2, 0.25) is 0 Å². The maximum absolute atomic E-state index is 15.6. The minimum Gasteiger partial charge on any atom is -0.371 e. The first-order valence-corrected chi connectivity index (χ1v) is 24.0. The van der Waals surface area contributed by atoms with Crippen LogP contribution in [0.3, 0.4) is 0 Å². The van der Waals surface area contributed by atoms with Crippen molar-refractivity contribution in [3.05, 3.63) is 46.5 Å². The van der Waals surface area contributed by atoms with Crippen molar-refractivity contribution in [2.24, 2.45) is 0 Å². The normalized spacial score (nSPS) is 15.3. The Hall–Kier alpha value is -2.74. The van der Waals surface area contributed by atoms with Crippen LogP contribution in [0, 0.1) is 0 Å². The van der Waals surface area contributed by atoms with Crippen LogP contribution >= 0.6 is 0 Å². The Kier molecular flexibility index (Phi) is 16.8. The van der Waals surface area contributed by atoms with Crippen molar-refractivity contribution in [3.63, 3.8) is 0 Å². The fraction of sp³-hybridized carbons (Fsp3) is 0.700. The van der Waals surface area contributed by atoms with Crippen LogP contribution in [0.5, 0.6) is 0 Å². The van der Waals surface area contributed by atoms with Gasteiger partial charge in [-0.2, -0.15) is 48.3 Å². The van der Waals surface area contributed by atoms with Gasteiger partial charge in [-0.3, -0.25) is 14.5 Å². The second kappa shape index (κ2) is 19.4. The fourth-order valence-electron chi connectivity index (χ4n) is 7.07. The molecule has 2 aromatic carbocycles. The molecule has 1 heterocycles. The summed E-state index contributed by atoms with van der Waals surface area (Å²) in [7, 11) is -7.43. The molecule has 2 amide bonds. The highest BCUT2D eigenvalue weighted by Gasteiger charge is 2.87. The Morgan fingerprint density at radius 2 is 0.790 bits per heavy atom. The van der Waals surface area contributed by atoms with E-state index in [9.17, 15) is 40.3 Å². The minimum absolute atomic E-state index is 0.00417. The Bertz CT molecular complexity index is 1740. The van der Waals surface area contributed by atoms with E-state index in [4.69, 9.17) is 26.6 Å². The monoisotopic (exact) mass is 943 g/mol. The molecule has 0 bridgehead atoms. The van der Waals surface area contributed by atoms with Crippen LogP contribution in [0.1, 0.15) is 115 Å². The molecule has 354 valence electrons. The van der Waals surface area contributed by atoms with Gasteiger partial charge in [-0.15, -0.1) is 0 Å². The van der Waals surface area contributed by atoms with Gasteiger partial charge < -0.3 is 26.6 Å². The molecule has 0 atom stereocenters. The van der Waals surface area contributed by atoms with E-state index < -0.39 is 118 Å². The Labute approximate surface area is 356 Å². The topological polar surface area (TPSA) is 92.8 Å². The van der Waals surface area contributed by atoms with Gasteiger partial charge in [-0.05, 0) is 112 Å². The number of hydrogen-bond acceptors (Lipinski definition) is 8. The minimum atomic E-state index is -7.76. The van der Waals surface area contributed by atoms with Gasteiger partial charge in [0.05, 0.1) is 17.7 Å². The maximum Gasteiger partial charge on any atom is 0.501 e. The summed E-state index contributed by atoms with van der Waals surface area (Å²) in [6.07, 6.45) is -10.6. The fourth-order valence-corrected chi connectivity index (χ4v) is 13.6. The van der Waals surface area contributed by atoms with Crippen LogP contribution in [0.15, 0.2) is 24.3 Å². The number of nitrogens with zero attached hydrogens (tertiary/aromatic N) is 1. The zero-order valence-corrected chi connectivity index (χ0v) is 38.7. The SMILES string of the molecule is CC(C)O[Si](CCc1ccc2ccc(CC[Si](OC(C)C)(OC(C)C)OC(C)C)c3c2c1C(=O)N(CC(F)(F)C(F)(F)C(F)(F)C(F)(F)C(F)(F)F)C3=O)(OC(C)C)OC(C)C. The van der Waals surface area contributed by atoms with Crippen LogP contribution in [0.2, 0.25) is 12.1 Å².